The van der Waals surface area contributed by atoms with Crippen molar-refractivity contribution in [2.75, 3.05) is 20.6 Å². The summed E-state index contributed by atoms with van der Waals surface area (Å²) in [7, 11) is 4.04. The fourth-order valence-electron chi connectivity index (χ4n) is 1.94. The van der Waals surface area contributed by atoms with E-state index in [0.29, 0.717) is 5.92 Å². The molecule has 1 amide bonds. The molecule has 17 heavy (non-hydrogen) atoms. The smallest absolute Gasteiger partial charge is 0.237 e. The molecule has 0 aliphatic rings. The van der Waals surface area contributed by atoms with E-state index in [1.807, 2.05) is 21.0 Å². The first-order valence-corrected chi connectivity index (χ1v) is 6.57. The van der Waals surface area contributed by atoms with Gasteiger partial charge < -0.3 is 16.0 Å². The topological polar surface area (TPSA) is 58.4 Å². The number of hydrogen-bond acceptors (Lipinski definition) is 3. The minimum atomic E-state index is -0.364. The van der Waals surface area contributed by atoms with Crippen molar-refractivity contribution >= 4 is 5.91 Å². The van der Waals surface area contributed by atoms with Gasteiger partial charge >= 0.3 is 0 Å². The number of carbonyl (C=O) groups is 1. The standard InChI is InChI=1S/C13H29N3O/c1-6-7-12(14)13(17)15-11(8-10(2)3)9-16(4)5/h10-12H,6-9,14H2,1-5H3,(H,15,17)/t11?,12-/m0/s1. The van der Waals surface area contributed by atoms with Crippen molar-refractivity contribution in [1.82, 2.24) is 10.2 Å². The SMILES string of the molecule is CCC[C@H](N)C(=O)NC(CC(C)C)CN(C)C. The van der Waals surface area contributed by atoms with Crippen molar-refractivity contribution in [2.24, 2.45) is 11.7 Å². The summed E-state index contributed by atoms with van der Waals surface area (Å²) in [4.78, 5) is 13.9. The molecule has 0 aliphatic heterocycles. The average molecular weight is 243 g/mol. The third-order valence-corrected chi connectivity index (χ3v) is 2.62. The Labute approximate surface area is 106 Å². The van der Waals surface area contributed by atoms with Gasteiger partial charge in [0, 0.05) is 12.6 Å². The number of rotatable bonds is 8. The third kappa shape index (κ3) is 8.16. The third-order valence-electron chi connectivity index (χ3n) is 2.62. The van der Waals surface area contributed by atoms with Crippen LogP contribution in [0.2, 0.25) is 0 Å². The molecule has 0 bridgehead atoms. The lowest BCUT2D eigenvalue weighted by atomic mass is 10.0. The minimum Gasteiger partial charge on any atom is -0.351 e. The molecule has 0 saturated heterocycles. The highest BCUT2D eigenvalue weighted by molar-refractivity contribution is 5.81. The normalized spacial score (nSPS) is 15.1. The number of nitrogens with one attached hydrogen (secondary N) is 1. The van der Waals surface area contributed by atoms with Gasteiger partial charge in [-0.2, -0.15) is 0 Å². The van der Waals surface area contributed by atoms with Crippen molar-refractivity contribution in [3.8, 4) is 0 Å². The molecule has 2 atom stereocenters. The molecule has 0 spiro atoms. The molecule has 0 aromatic rings. The highest BCUT2D eigenvalue weighted by atomic mass is 16.2. The average Bonchev–Trinajstić information content (AvgIpc) is 2.15. The maximum absolute atomic E-state index is 11.9. The van der Waals surface area contributed by atoms with E-state index in [1.54, 1.807) is 0 Å². The number of nitrogens with two attached hydrogens (primary N) is 1. The second-order valence-corrected chi connectivity index (χ2v) is 5.49. The summed E-state index contributed by atoms with van der Waals surface area (Å²) in [5.41, 5.74) is 5.81. The predicted octanol–water partition coefficient (Wildman–Crippen LogP) is 1.21. The van der Waals surface area contributed by atoms with Gasteiger partial charge in [-0.1, -0.05) is 27.2 Å². The zero-order chi connectivity index (χ0) is 13.4. The van der Waals surface area contributed by atoms with Gasteiger partial charge in [0.25, 0.3) is 0 Å². The van der Waals surface area contributed by atoms with Crippen LogP contribution in [0.15, 0.2) is 0 Å². The Morgan fingerprint density at radius 1 is 1.35 bits per heavy atom. The molecule has 0 aromatic heterocycles. The van der Waals surface area contributed by atoms with Crippen molar-refractivity contribution < 1.29 is 4.79 Å². The number of hydrogen-bond donors (Lipinski definition) is 2. The summed E-state index contributed by atoms with van der Waals surface area (Å²) >= 11 is 0. The van der Waals surface area contributed by atoms with Crippen LogP contribution in [-0.4, -0.2) is 43.5 Å². The van der Waals surface area contributed by atoms with E-state index < -0.39 is 0 Å². The molecule has 4 nitrogen and oxygen atoms in total. The zero-order valence-electron chi connectivity index (χ0n) is 12.0. The minimum absolute atomic E-state index is 0.0145. The Hall–Kier alpha value is -0.610. The maximum Gasteiger partial charge on any atom is 0.237 e. The summed E-state index contributed by atoms with van der Waals surface area (Å²) < 4.78 is 0. The lowest BCUT2D eigenvalue weighted by molar-refractivity contribution is -0.123. The molecule has 3 N–H and O–H groups in total. The van der Waals surface area contributed by atoms with Gasteiger partial charge in [-0.05, 0) is 32.9 Å². The first kappa shape index (κ1) is 16.4. The molecule has 0 radical (unpaired) electrons. The largest absolute Gasteiger partial charge is 0.351 e. The Morgan fingerprint density at radius 3 is 2.35 bits per heavy atom. The van der Waals surface area contributed by atoms with E-state index in [2.05, 4.69) is 24.1 Å². The Balaban J connectivity index is 4.26. The lowest BCUT2D eigenvalue weighted by Crippen LogP contribution is -2.49. The molecular weight excluding hydrogens is 214 g/mol. The van der Waals surface area contributed by atoms with E-state index >= 15 is 0 Å². The molecule has 0 heterocycles. The molecule has 4 heteroatoms. The van der Waals surface area contributed by atoms with Gasteiger partial charge in [-0.15, -0.1) is 0 Å². The van der Waals surface area contributed by atoms with Crippen molar-refractivity contribution in [3.63, 3.8) is 0 Å². The van der Waals surface area contributed by atoms with E-state index in [4.69, 9.17) is 5.73 Å². The monoisotopic (exact) mass is 243 g/mol. The second kappa shape index (κ2) is 8.48. The fraction of sp³-hybridized carbons (Fsp3) is 0.923. The molecule has 0 fully saturated rings. The molecular formula is C13H29N3O. The van der Waals surface area contributed by atoms with Gasteiger partial charge in [0.2, 0.25) is 5.91 Å². The highest BCUT2D eigenvalue weighted by Gasteiger charge is 2.18. The van der Waals surface area contributed by atoms with Crippen LogP contribution in [0.3, 0.4) is 0 Å². The van der Waals surface area contributed by atoms with E-state index in [1.165, 1.54) is 0 Å². The van der Waals surface area contributed by atoms with Crippen molar-refractivity contribution in [1.29, 1.82) is 0 Å². The highest BCUT2D eigenvalue weighted by Crippen LogP contribution is 2.06. The van der Waals surface area contributed by atoms with Crippen LogP contribution in [0.25, 0.3) is 0 Å². The number of carbonyl (C=O) groups excluding carboxylic acids is 1. The van der Waals surface area contributed by atoms with E-state index in [0.717, 1.165) is 25.8 Å². The lowest BCUT2D eigenvalue weighted by Gasteiger charge is -2.25. The number of amides is 1. The van der Waals surface area contributed by atoms with Gasteiger partial charge in [-0.25, -0.2) is 0 Å². The van der Waals surface area contributed by atoms with Crippen LogP contribution < -0.4 is 11.1 Å². The predicted molar refractivity (Wildman–Crippen MR) is 72.8 cm³/mol. The Bertz CT molecular complexity index is 207. The molecule has 1 unspecified atom stereocenters. The summed E-state index contributed by atoms with van der Waals surface area (Å²) in [6.07, 6.45) is 2.68. The Kier molecular flexibility index (Phi) is 8.17. The van der Waals surface area contributed by atoms with E-state index in [9.17, 15) is 4.79 Å². The number of nitrogens with zero attached hydrogens (tertiary/aromatic N) is 1. The maximum atomic E-state index is 11.9. The molecule has 102 valence electrons. The van der Waals surface area contributed by atoms with Crippen LogP contribution in [0.4, 0.5) is 0 Å². The van der Waals surface area contributed by atoms with Gasteiger partial charge in [-0.3, -0.25) is 4.79 Å². The van der Waals surface area contributed by atoms with Crippen LogP contribution in [0, 0.1) is 5.92 Å². The van der Waals surface area contributed by atoms with Crippen LogP contribution in [0.1, 0.15) is 40.0 Å². The molecule has 0 saturated carbocycles. The molecule has 0 aliphatic carbocycles. The summed E-state index contributed by atoms with van der Waals surface area (Å²) in [6, 6.07) is -0.169. The van der Waals surface area contributed by atoms with Gasteiger partial charge in [0.15, 0.2) is 0 Å². The second-order valence-electron chi connectivity index (χ2n) is 5.49. The van der Waals surface area contributed by atoms with Crippen molar-refractivity contribution in [3.05, 3.63) is 0 Å². The Morgan fingerprint density at radius 2 is 1.94 bits per heavy atom. The van der Waals surface area contributed by atoms with Crippen LogP contribution >= 0.6 is 0 Å². The first-order valence-electron chi connectivity index (χ1n) is 6.57. The first-order chi connectivity index (χ1) is 7.86. The van der Waals surface area contributed by atoms with Gasteiger partial charge in [0.1, 0.15) is 0 Å². The quantitative estimate of drug-likeness (QED) is 0.673. The van der Waals surface area contributed by atoms with E-state index in [-0.39, 0.29) is 18.0 Å². The zero-order valence-corrected chi connectivity index (χ0v) is 12.0. The van der Waals surface area contributed by atoms with Crippen LogP contribution in [-0.2, 0) is 4.79 Å². The molecule has 0 rings (SSSR count). The summed E-state index contributed by atoms with van der Waals surface area (Å²) in [5.74, 6) is 0.557. The van der Waals surface area contributed by atoms with Crippen molar-refractivity contribution in [2.45, 2.75) is 52.1 Å². The van der Waals surface area contributed by atoms with Crippen LogP contribution in [0.5, 0.6) is 0 Å². The fourth-order valence-corrected chi connectivity index (χ4v) is 1.94. The number of likely N-dealkylation sites (N-methyl/N-ethyl adjacent to an activating group) is 1. The molecule has 0 aromatic carbocycles. The van der Waals surface area contributed by atoms with Gasteiger partial charge in [0.05, 0.1) is 6.04 Å². The summed E-state index contributed by atoms with van der Waals surface area (Å²) in [5, 5.41) is 3.06. The summed E-state index contributed by atoms with van der Waals surface area (Å²) in [6.45, 7) is 7.24.